The number of aliphatic carboxylic acids is 1. The van der Waals surface area contributed by atoms with Crippen LogP contribution in [0.5, 0.6) is 0 Å². The molecule has 0 aliphatic heterocycles. The van der Waals surface area contributed by atoms with Gasteiger partial charge in [-0.25, -0.2) is 9.78 Å². The third kappa shape index (κ3) is 4.13. The number of nitrogens with zero attached hydrogens (tertiary/aromatic N) is 2. The van der Waals surface area contributed by atoms with Crippen LogP contribution in [-0.4, -0.2) is 34.8 Å². The maximum Gasteiger partial charge on any atom is 0.360 e. The lowest BCUT2D eigenvalue weighted by Gasteiger charge is -2.03. The number of hydrogen-bond acceptors (Lipinski definition) is 6. The lowest BCUT2D eigenvalue weighted by Crippen LogP contribution is -2.16. The molecule has 1 amide bonds. The molecule has 0 spiro atoms. The summed E-state index contributed by atoms with van der Waals surface area (Å²) in [6.45, 7) is 4.16. The Labute approximate surface area is 107 Å². The van der Waals surface area contributed by atoms with E-state index in [4.69, 9.17) is 9.94 Å². The first kappa shape index (κ1) is 14.1. The van der Waals surface area contributed by atoms with Gasteiger partial charge in [-0.3, -0.25) is 4.79 Å². The summed E-state index contributed by atoms with van der Waals surface area (Å²) < 4.78 is 0. The minimum absolute atomic E-state index is 0.153. The highest BCUT2D eigenvalue weighted by Crippen LogP contribution is 2.15. The molecule has 0 aromatic carbocycles. The van der Waals surface area contributed by atoms with Gasteiger partial charge in [0.15, 0.2) is 5.13 Å². The average Bonchev–Trinajstić information content (AvgIpc) is 2.72. The number of amides is 1. The largest absolute Gasteiger partial charge is 0.476 e. The minimum Gasteiger partial charge on any atom is -0.476 e. The number of thiazole rings is 1. The van der Waals surface area contributed by atoms with Crippen molar-refractivity contribution in [3.8, 4) is 0 Å². The second-order valence-corrected chi connectivity index (χ2v) is 4.59. The zero-order valence-corrected chi connectivity index (χ0v) is 10.7. The molecular weight excluding hydrogens is 258 g/mol. The number of carboxylic acid groups (broad SMARTS) is 1. The number of carbonyl (C=O) groups is 2. The van der Waals surface area contributed by atoms with Crippen LogP contribution < -0.4 is 5.32 Å². The fourth-order valence-electron chi connectivity index (χ4n) is 0.945. The van der Waals surface area contributed by atoms with E-state index in [0.717, 1.165) is 11.3 Å². The molecule has 0 bridgehead atoms. The van der Waals surface area contributed by atoms with Crippen molar-refractivity contribution in [2.24, 2.45) is 11.1 Å². The highest BCUT2D eigenvalue weighted by atomic mass is 32.1. The molecule has 7 nitrogen and oxygen atoms in total. The number of carbonyl (C=O) groups excluding carboxylic acids is 1. The number of anilines is 1. The number of hydrogen-bond donors (Lipinski definition) is 2. The molecule has 0 fully saturated rings. The van der Waals surface area contributed by atoms with Crippen molar-refractivity contribution in [3.05, 3.63) is 11.1 Å². The van der Waals surface area contributed by atoms with Crippen LogP contribution in [0.15, 0.2) is 10.5 Å². The Balaban J connectivity index is 2.83. The van der Waals surface area contributed by atoms with Gasteiger partial charge in [0.05, 0.1) is 0 Å². The molecule has 1 heterocycles. The summed E-state index contributed by atoms with van der Waals surface area (Å²) in [5, 5.41) is 16.7. The van der Waals surface area contributed by atoms with Gasteiger partial charge in [-0.05, 0) is 5.92 Å². The van der Waals surface area contributed by atoms with E-state index in [0.29, 0.717) is 18.1 Å². The lowest BCUT2D eigenvalue weighted by molar-refractivity contribution is -0.129. The van der Waals surface area contributed by atoms with Gasteiger partial charge in [0.25, 0.3) is 0 Å². The smallest absolute Gasteiger partial charge is 0.360 e. The number of nitrogens with one attached hydrogen (secondary N) is 1. The summed E-state index contributed by atoms with van der Waals surface area (Å²) in [7, 11) is 0. The fraction of sp³-hybridized carbons (Fsp3) is 0.400. The summed E-state index contributed by atoms with van der Waals surface area (Å²) in [6, 6.07) is 0. The molecule has 0 atom stereocenters. The monoisotopic (exact) mass is 271 g/mol. The van der Waals surface area contributed by atoms with Crippen LogP contribution in [0, 0.1) is 5.92 Å². The maximum atomic E-state index is 11.0. The van der Waals surface area contributed by atoms with Crippen molar-refractivity contribution >= 4 is 34.6 Å². The Kier molecular flexibility index (Phi) is 5.25. The summed E-state index contributed by atoms with van der Waals surface area (Å²) in [4.78, 5) is 30.1. The van der Waals surface area contributed by atoms with Crippen molar-refractivity contribution in [2.75, 3.05) is 11.9 Å². The van der Waals surface area contributed by atoms with E-state index in [1.807, 2.05) is 13.8 Å². The molecule has 0 radical (unpaired) electrons. The van der Waals surface area contributed by atoms with E-state index in [-0.39, 0.29) is 17.3 Å². The van der Waals surface area contributed by atoms with Crippen molar-refractivity contribution in [1.29, 1.82) is 0 Å². The molecule has 0 aliphatic rings. The quantitative estimate of drug-likeness (QED) is 0.440. The summed E-state index contributed by atoms with van der Waals surface area (Å²) in [5.41, 5.74) is -0.133. The molecule has 0 saturated heterocycles. The fourth-order valence-corrected chi connectivity index (χ4v) is 1.60. The predicted octanol–water partition coefficient (Wildman–Crippen LogP) is 1.17. The molecule has 18 heavy (non-hydrogen) atoms. The zero-order valence-electron chi connectivity index (χ0n) is 9.91. The predicted molar refractivity (Wildman–Crippen MR) is 66.8 cm³/mol. The number of aromatic nitrogens is 1. The highest BCUT2D eigenvalue weighted by Gasteiger charge is 2.17. The first-order valence-corrected chi connectivity index (χ1v) is 6.02. The van der Waals surface area contributed by atoms with E-state index in [1.54, 1.807) is 0 Å². The Morgan fingerprint density at radius 3 is 3.00 bits per heavy atom. The molecule has 1 rings (SSSR count). The summed E-state index contributed by atoms with van der Waals surface area (Å²) in [6.07, 6.45) is 0.468. The molecule has 0 aliphatic carbocycles. The van der Waals surface area contributed by atoms with Crippen molar-refractivity contribution < 1.29 is 19.5 Å². The highest BCUT2D eigenvalue weighted by molar-refractivity contribution is 7.14. The van der Waals surface area contributed by atoms with Crippen LogP contribution in [0.4, 0.5) is 5.13 Å². The van der Waals surface area contributed by atoms with E-state index in [2.05, 4.69) is 15.5 Å². The third-order valence-electron chi connectivity index (χ3n) is 1.70. The van der Waals surface area contributed by atoms with E-state index in [9.17, 15) is 9.59 Å². The van der Waals surface area contributed by atoms with Gasteiger partial charge in [-0.1, -0.05) is 19.0 Å². The number of rotatable bonds is 7. The van der Waals surface area contributed by atoms with Gasteiger partial charge in [0.1, 0.15) is 12.3 Å². The van der Waals surface area contributed by atoms with Crippen LogP contribution in [0.1, 0.15) is 19.5 Å². The van der Waals surface area contributed by atoms with Gasteiger partial charge >= 0.3 is 5.97 Å². The Hall–Kier alpha value is -1.96. The second kappa shape index (κ2) is 6.70. The third-order valence-corrected chi connectivity index (χ3v) is 2.47. The van der Waals surface area contributed by atoms with Crippen molar-refractivity contribution in [1.82, 2.24) is 4.98 Å². The van der Waals surface area contributed by atoms with E-state index >= 15 is 0 Å². The SMILES string of the molecule is CC(C)CON=C(C(=O)O)c1csc(NC=O)n1. The second-order valence-electron chi connectivity index (χ2n) is 3.73. The molecule has 2 N–H and O–H groups in total. The van der Waals surface area contributed by atoms with Crippen molar-refractivity contribution in [2.45, 2.75) is 13.8 Å². The van der Waals surface area contributed by atoms with Crippen molar-refractivity contribution in [3.63, 3.8) is 0 Å². The summed E-state index contributed by atoms with van der Waals surface area (Å²) >= 11 is 1.11. The topological polar surface area (TPSA) is 101 Å². The van der Waals surface area contributed by atoms with Crippen LogP contribution >= 0.6 is 11.3 Å². The summed E-state index contributed by atoms with van der Waals surface area (Å²) in [5.74, 6) is -0.992. The molecular formula is C10H13N3O4S. The zero-order chi connectivity index (χ0) is 13.5. The Morgan fingerprint density at radius 2 is 2.44 bits per heavy atom. The molecule has 8 heteroatoms. The van der Waals surface area contributed by atoms with Gasteiger partial charge in [-0.2, -0.15) is 0 Å². The van der Waals surface area contributed by atoms with Gasteiger partial charge in [-0.15, -0.1) is 11.3 Å². The molecule has 0 unspecified atom stereocenters. The van der Waals surface area contributed by atoms with Crippen LogP contribution in [0.3, 0.4) is 0 Å². The number of carboxylic acids is 1. The Morgan fingerprint density at radius 1 is 1.72 bits per heavy atom. The molecule has 1 aromatic heterocycles. The average molecular weight is 271 g/mol. The first-order valence-electron chi connectivity index (χ1n) is 5.14. The van der Waals surface area contributed by atoms with Gasteiger partial charge in [0.2, 0.25) is 12.1 Å². The number of oxime groups is 1. The van der Waals surface area contributed by atoms with E-state index in [1.165, 1.54) is 5.38 Å². The van der Waals surface area contributed by atoms with Crippen LogP contribution in [0.2, 0.25) is 0 Å². The molecule has 98 valence electrons. The van der Waals surface area contributed by atoms with E-state index < -0.39 is 5.97 Å². The van der Waals surface area contributed by atoms with Gasteiger partial charge in [0, 0.05) is 5.38 Å². The Bertz CT molecular complexity index is 456. The molecule has 1 aromatic rings. The normalized spacial score (nSPS) is 11.4. The standard InChI is InChI=1S/C10H13N3O4S/c1-6(2)3-17-13-8(9(15)16)7-4-18-10(12-7)11-5-14/h4-6H,3H2,1-2H3,(H,15,16)(H,11,12,14). The minimum atomic E-state index is -1.23. The van der Waals surface area contributed by atoms with Crippen LogP contribution in [0.25, 0.3) is 0 Å². The van der Waals surface area contributed by atoms with Crippen LogP contribution in [-0.2, 0) is 14.4 Å². The lowest BCUT2D eigenvalue weighted by atomic mass is 10.2. The van der Waals surface area contributed by atoms with Gasteiger partial charge < -0.3 is 15.3 Å². The molecule has 0 saturated carbocycles. The maximum absolute atomic E-state index is 11.0. The first-order chi connectivity index (χ1) is 8.54.